The van der Waals surface area contributed by atoms with E-state index in [4.69, 9.17) is 0 Å². The number of hydrogen-bond acceptors (Lipinski definition) is 2. The first-order valence-corrected chi connectivity index (χ1v) is 8.61. The molecular formula is C21H24N2O2. The number of nitrogens with one attached hydrogen (secondary N) is 1. The fourth-order valence-corrected chi connectivity index (χ4v) is 3.09. The quantitative estimate of drug-likeness (QED) is 0.924. The first-order chi connectivity index (χ1) is 11.8. The minimum atomic E-state index is -0.323. The lowest BCUT2D eigenvalue weighted by atomic mass is 10.1. The van der Waals surface area contributed by atoms with E-state index in [1.54, 1.807) is 4.90 Å². The Bertz CT molecular complexity index is 842. The molecule has 0 aliphatic carbocycles. The van der Waals surface area contributed by atoms with E-state index in [0.717, 1.165) is 22.5 Å². The largest absolute Gasteiger partial charge is 0.326 e. The molecule has 1 heterocycles. The van der Waals surface area contributed by atoms with Crippen molar-refractivity contribution in [2.45, 2.75) is 34.1 Å². The standard InChI is InChI=1S/C21H24N2O2/c1-13-5-7-18(9-15(13)3)22-21(25)17-11-20(24)23(12-17)19-8-6-14(2)16(4)10-19/h5-10,17H,11-12H2,1-4H3,(H,22,25)/t17-/m0/s1. The molecule has 0 unspecified atom stereocenters. The second-order valence-electron chi connectivity index (χ2n) is 6.96. The van der Waals surface area contributed by atoms with E-state index in [1.807, 2.05) is 64.1 Å². The minimum Gasteiger partial charge on any atom is -0.326 e. The van der Waals surface area contributed by atoms with E-state index >= 15 is 0 Å². The Morgan fingerprint density at radius 3 is 2.24 bits per heavy atom. The van der Waals surface area contributed by atoms with Crippen molar-refractivity contribution in [1.29, 1.82) is 0 Å². The van der Waals surface area contributed by atoms with Gasteiger partial charge in [-0.15, -0.1) is 0 Å². The van der Waals surface area contributed by atoms with E-state index in [9.17, 15) is 9.59 Å². The maximum absolute atomic E-state index is 12.6. The Morgan fingerprint density at radius 2 is 1.60 bits per heavy atom. The van der Waals surface area contributed by atoms with Crippen LogP contribution in [0.25, 0.3) is 0 Å². The number of amides is 2. The fraction of sp³-hybridized carbons (Fsp3) is 0.333. The number of aryl methyl sites for hydroxylation is 4. The molecule has 1 fully saturated rings. The van der Waals surface area contributed by atoms with Gasteiger partial charge in [0, 0.05) is 24.3 Å². The first kappa shape index (κ1) is 17.2. The molecule has 4 heteroatoms. The summed E-state index contributed by atoms with van der Waals surface area (Å²) >= 11 is 0. The van der Waals surface area contributed by atoms with Crippen molar-refractivity contribution in [3.63, 3.8) is 0 Å². The summed E-state index contributed by atoms with van der Waals surface area (Å²) in [5, 5.41) is 2.95. The van der Waals surface area contributed by atoms with Crippen molar-refractivity contribution >= 4 is 23.2 Å². The minimum absolute atomic E-state index is 0.00323. The maximum Gasteiger partial charge on any atom is 0.229 e. The van der Waals surface area contributed by atoms with Gasteiger partial charge < -0.3 is 10.2 Å². The van der Waals surface area contributed by atoms with Gasteiger partial charge in [0.2, 0.25) is 11.8 Å². The van der Waals surface area contributed by atoms with E-state index in [1.165, 1.54) is 11.1 Å². The molecule has 1 aliphatic rings. The molecule has 4 nitrogen and oxygen atoms in total. The van der Waals surface area contributed by atoms with Gasteiger partial charge in [0.25, 0.3) is 0 Å². The summed E-state index contributed by atoms with van der Waals surface area (Å²) in [6, 6.07) is 11.8. The second-order valence-corrected chi connectivity index (χ2v) is 6.96. The third kappa shape index (κ3) is 3.58. The van der Waals surface area contributed by atoms with Gasteiger partial charge in [-0.05, 0) is 74.2 Å². The SMILES string of the molecule is Cc1ccc(NC(=O)[C@H]2CC(=O)N(c3ccc(C)c(C)c3)C2)cc1C. The molecule has 0 saturated carbocycles. The molecular weight excluding hydrogens is 312 g/mol. The van der Waals surface area contributed by atoms with Gasteiger partial charge >= 0.3 is 0 Å². The van der Waals surface area contributed by atoms with E-state index in [-0.39, 0.29) is 24.2 Å². The Morgan fingerprint density at radius 1 is 0.960 bits per heavy atom. The number of carbonyl (C=O) groups is 2. The highest BCUT2D eigenvalue weighted by molar-refractivity contribution is 6.03. The van der Waals surface area contributed by atoms with Crippen molar-refractivity contribution in [2.24, 2.45) is 5.92 Å². The molecule has 3 rings (SSSR count). The summed E-state index contributed by atoms with van der Waals surface area (Å²) in [7, 11) is 0. The number of carbonyl (C=O) groups excluding carboxylic acids is 2. The van der Waals surface area contributed by atoms with Crippen molar-refractivity contribution in [2.75, 3.05) is 16.8 Å². The molecule has 2 aromatic rings. The number of nitrogens with zero attached hydrogens (tertiary/aromatic N) is 1. The molecule has 1 saturated heterocycles. The molecule has 25 heavy (non-hydrogen) atoms. The molecule has 0 spiro atoms. The van der Waals surface area contributed by atoms with Crippen LogP contribution in [0.3, 0.4) is 0 Å². The summed E-state index contributed by atoms with van der Waals surface area (Å²) in [6.07, 6.45) is 0.254. The van der Waals surface area contributed by atoms with Crippen LogP contribution in [0, 0.1) is 33.6 Å². The predicted molar refractivity (Wildman–Crippen MR) is 101 cm³/mol. The number of rotatable bonds is 3. The van der Waals surface area contributed by atoms with Crippen LogP contribution in [-0.4, -0.2) is 18.4 Å². The van der Waals surface area contributed by atoms with Crippen LogP contribution in [0.5, 0.6) is 0 Å². The first-order valence-electron chi connectivity index (χ1n) is 8.61. The Labute approximate surface area is 148 Å². The van der Waals surface area contributed by atoms with Crippen LogP contribution in [0.4, 0.5) is 11.4 Å². The van der Waals surface area contributed by atoms with E-state index < -0.39 is 0 Å². The molecule has 1 atom stereocenters. The normalized spacial score (nSPS) is 17.0. The van der Waals surface area contributed by atoms with Gasteiger partial charge in [-0.25, -0.2) is 0 Å². The Hall–Kier alpha value is -2.62. The van der Waals surface area contributed by atoms with Gasteiger partial charge in [-0.3, -0.25) is 9.59 Å². The van der Waals surface area contributed by atoms with Gasteiger partial charge in [-0.2, -0.15) is 0 Å². The number of hydrogen-bond donors (Lipinski definition) is 1. The molecule has 2 aromatic carbocycles. The average molecular weight is 336 g/mol. The highest BCUT2D eigenvalue weighted by atomic mass is 16.2. The second kappa shape index (κ2) is 6.71. The zero-order valence-electron chi connectivity index (χ0n) is 15.2. The highest BCUT2D eigenvalue weighted by Crippen LogP contribution is 2.27. The van der Waals surface area contributed by atoms with Crippen LogP contribution >= 0.6 is 0 Å². The van der Waals surface area contributed by atoms with Crippen LogP contribution in [-0.2, 0) is 9.59 Å². The van der Waals surface area contributed by atoms with Crippen LogP contribution in [0.15, 0.2) is 36.4 Å². The molecule has 0 bridgehead atoms. The molecule has 0 radical (unpaired) electrons. The van der Waals surface area contributed by atoms with E-state index in [2.05, 4.69) is 5.32 Å². The zero-order valence-corrected chi connectivity index (χ0v) is 15.2. The Kier molecular flexibility index (Phi) is 4.62. The lowest BCUT2D eigenvalue weighted by Gasteiger charge is -2.18. The summed E-state index contributed by atoms with van der Waals surface area (Å²) < 4.78 is 0. The monoisotopic (exact) mass is 336 g/mol. The summed E-state index contributed by atoms with van der Waals surface area (Å²) in [5.74, 6) is -0.415. The zero-order chi connectivity index (χ0) is 18.1. The predicted octanol–water partition coefficient (Wildman–Crippen LogP) is 3.91. The third-order valence-corrected chi connectivity index (χ3v) is 5.07. The summed E-state index contributed by atoms with van der Waals surface area (Å²) in [6.45, 7) is 8.57. The van der Waals surface area contributed by atoms with Gasteiger partial charge in [0.05, 0.1) is 5.92 Å². The lowest BCUT2D eigenvalue weighted by molar-refractivity contribution is -0.122. The van der Waals surface area contributed by atoms with Gasteiger partial charge in [-0.1, -0.05) is 12.1 Å². The molecule has 130 valence electrons. The van der Waals surface area contributed by atoms with E-state index in [0.29, 0.717) is 6.54 Å². The van der Waals surface area contributed by atoms with Gasteiger partial charge in [0.1, 0.15) is 0 Å². The smallest absolute Gasteiger partial charge is 0.229 e. The third-order valence-electron chi connectivity index (χ3n) is 5.07. The molecule has 1 N–H and O–H groups in total. The average Bonchev–Trinajstić information content (AvgIpc) is 2.95. The maximum atomic E-state index is 12.6. The Balaban J connectivity index is 1.71. The number of benzene rings is 2. The van der Waals surface area contributed by atoms with Crippen molar-refractivity contribution in [1.82, 2.24) is 0 Å². The van der Waals surface area contributed by atoms with Crippen molar-refractivity contribution in [3.05, 3.63) is 58.7 Å². The topological polar surface area (TPSA) is 49.4 Å². The van der Waals surface area contributed by atoms with Crippen LogP contribution in [0.1, 0.15) is 28.7 Å². The summed E-state index contributed by atoms with van der Waals surface area (Å²) in [5.41, 5.74) is 6.32. The summed E-state index contributed by atoms with van der Waals surface area (Å²) in [4.78, 5) is 26.7. The van der Waals surface area contributed by atoms with Crippen LogP contribution in [0.2, 0.25) is 0 Å². The number of anilines is 2. The van der Waals surface area contributed by atoms with Crippen molar-refractivity contribution < 1.29 is 9.59 Å². The van der Waals surface area contributed by atoms with Crippen molar-refractivity contribution in [3.8, 4) is 0 Å². The van der Waals surface area contributed by atoms with Gasteiger partial charge in [0.15, 0.2) is 0 Å². The lowest BCUT2D eigenvalue weighted by Crippen LogP contribution is -2.28. The molecule has 0 aromatic heterocycles. The fourth-order valence-electron chi connectivity index (χ4n) is 3.09. The molecule has 1 aliphatic heterocycles. The molecule has 2 amide bonds. The van der Waals surface area contributed by atoms with Crippen LogP contribution < -0.4 is 10.2 Å². The highest BCUT2D eigenvalue weighted by Gasteiger charge is 2.35.